The zero-order chi connectivity index (χ0) is 14.8. The van der Waals surface area contributed by atoms with Gasteiger partial charge in [-0.25, -0.2) is 4.39 Å². The molecule has 0 N–H and O–H groups in total. The van der Waals surface area contributed by atoms with Crippen molar-refractivity contribution in [2.45, 2.75) is 26.2 Å². The van der Waals surface area contributed by atoms with Gasteiger partial charge in [0, 0.05) is 24.0 Å². The monoisotopic (exact) mass is 285 g/mol. The standard InChI is InChI=1S/C18H20FNO/c1-2-20(12-13-6-5-7-13)18(21)16-10-11-17(19)15-9-4-3-8-14(15)16/h3-4,8-11,13H,2,5-7,12H2,1H3. The molecule has 2 aromatic carbocycles. The lowest BCUT2D eigenvalue weighted by Gasteiger charge is -2.32. The summed E-state index contributed by atoms with van der Waals surface area (Å²) < 4.78 is 13.9. The summed E-state index contributed by atoms with van der Waals surface area (Å²) >= 11 is 0. The van der Waals surface area contributed by atoms with Crippen LogP contribution >= 0.6 is 0 Å². The summed E-state index contributed by atoms with van der Waals surface area (Å²) in [6, 6.07) is 10.2. The van der Waals surface area contributed by atoms with Gasteiger partial charge in [0.15, 0.2) is 0 Å². The summed E-state index contributed by atoms with van der Waals surface area (Å²) in [6.07, 6.45) is 3.71. The van der Waals surface area contributed by atoms with Crippen LogP contribution in [-0.4, -0.2) is 23.9 Å². The normalized spacial score (nSPS) is 15.0. The number of fused-ring (bicyclic) bond motifs is 1. The molecule has 1 amide bonds. The van der Waals surface area contributed by atoms with Gasteiger partial charge < -0.3 is 4.90 Å². The lowest BCUT2D eigenvalue weighted by atomic mass is 9.85. The Labute approximate surface area is 124 Å². The summed E-state index contributed by atoms with van der Waals surface area (Å²) in [4.78, 5) is 14.7. The first kappa shape index (κ1) is 14.1. The van der Waals surface area contributed by atoms with E-state index in [1.165, 1.54) is 25.3 Å². The third-order valence-corrected chi connectivity index (χ3v) is 4.47. The van der Waals surface area contributed by atoms with Crippen molar-refractivity contribution in [3.63, 3.8) is 0 Å². The molecule has 0 aromatic heterocycles. The van der Waals surface area contributed by atoms with E-state index in [0.29, 0.717) is 28.8 Å². The summed E-state index contributed by atoms with van der Waals surface area (Å²) in [7, 11) is 0. The highest BCUT2D eigenvalue weighted by atomic mass is 19.1. The highest BCUT2D eigenvalue weighted by molar-refractivity contribution is 6.07. The third kappa shape index (κ3) is 2.65. The molecule has 0 spiro atoms. The van der Waals surface area contributed by atoms with E-state index in [4.69, 9.17) is 0 Å². The molecular formula is C18H20FNO. The van der Waals surface area contributed by atoms with Crippen LogP contribution in [0.15, 0.2) is 36.4 Å². The fraction of sp³-hybridized carbons (Fsp3) is 0.389. The van der Waals surface area contributed by atoms with Gasteiger partial charge in [-0.1, -0.05) is 30.7 Å². The summed E-state index contributed by atoms with van der Waals surface area (Å²) in [6.45, 7) is 3.52. The number of carbonyl (C=O) groups is 1. The second-order valence-electron chi connectivity index (χ2n) is 5.78. The average Bonchev–Trinajstić information content (AvgIpc) is 2.46. The highest BCUT2D eigenvalue weighted by Gasteiger charge is 2.24. The van der Waals surface area contributed by atoms with Crippen molar-refractivity contribution in [1.82, 2.24) is 4.90 Å². The van der Waals surface area contributed by atoms with Crippen LogP contribution in [-0.2, 0) is 0 Å². The molecule has 0 radical (unpaired) electrons. The number of amides is 1. The first-order chi connectivity index (χ1) is 10.2. The Morgan fingerprint density at radius 2 is 1.90 bits per heavy atom. The van der Waals surface area contributed by atoms with Crippen LogP contribution in [0.3, 0.4) is 0 Å². The summed E-state index contributed by atoms with van der Waals surface area (Å²) in [5.41, 5.74) is 0.605. The van der Waals surface area contributed by atoms with Crippen LogP contribution in [0.25, 0.3) is 10.8 Å². The minimum atomic E-state index is -0.274. The molecule has 110 valence electrons. The number of rotatable bonds is 4. The first-order valence-electron chi connectivity index (χ1n) is 7.67. The maximum absolute atomic E-state index is 13.9. The second-order valence-corrected chi connectivity index (χ2v) is 5.78. The van der Waals surface area contributed by atoms with Gasteiger partial charge >= 0.3 is 0 Å². The maximum atomic E-state index is 13.9. The summed E-state index contributed by atoms with van der Waals surface area (Å²) in [5, 5.41) is 1.22. The number of halogens is 1. The van der Waals surface area contributed by atoms with Gasteiger partial charge in [0.05, 0.1) is 0 Å². The van der Waals surface area contributed by atoms with Crippen molar-refractivity contribution in [2.75, 3.05) is 13.1 Å². The van der Waals surface area contributed by atoms with Gasteiger partial charge in [0.25, 0.3) is 5.91 Å². The first-order valence-corrected chi connectivity index (χ1v) is 7.67. The van der Waals surface area contributed by atoms with Crippen molar-refractivity contribution in [3.05, 3.63) is 47.8 Å². The van der Waals surface area contributed by atoms with E-state index in [0.717, 1.165) is 6.54 Å². The molecule has 21 heavy (non-hydrogen) atoms. The van der Waals surface area contributed by atoms with E-state index in [2.05, 4.69) is 0 Å². The Morgan fingerprint density at radius 3 is 2.52 bits per heavy atom. The zero-order valence-electron chi connectivity index (χ0n) is 12.3. The molecular weight excluding hydrogens is 265 g/mol. The predicted molar refractivity (Wildman–Crippen MR) is 82.8 cm³/mol. The smallest absolute Gasteiger partial charge is 0.254 e. The van der Waals surface area contributed by atoms with E-state index in [9.17, 15) is 9.18 Å². The molecule has 0 aliphatic heterocycles. The van der Waals surface area contributed by atoms with Crippen LogP contribution < -0.4 is 0 Å². The topological polar surface area (TPSA) is 20.3 Å². The highest BCUT2D eigenvalue weighted by Crippen LogP contribution is 2.28. The molecule has 1 aliphatic carbocycles. The Kier molecular flexibility index (Phi) is 3.91. The molecule has 2 aromatic rings. The van der Waals surface area contributed by atoms with Gasteiger partial charge in [-0.3, -0.25) is 4.79 Å². The minimum Gasteiger partial charge on any atom is -0.339 e. The molecule has 2 nitrogen and oxygen atoms in total. The van der Waals surface area contributed by atoms with Crippen molar-refractivity contribution in [3.8, 4) is 0 Å². The van der Waals surface area contributed by atoms with Gasteiger partial charge in [-0.15, -0.1) is 0 Å². The van der Waals surface area contributed by atoms with Gasteiger partial charge in [-0.2, -0.15) is 0 Å². The maximum Gasteiger partial charge on any atom is 0.254 e. The molecule has 0 bridgehead atoms. The lowest BCUT2D eigenvalue weighted by Crippen LogP contribution is -2.37. The minimum absolute atomic E-state index is 0.0144. The molecule has 1 aliphatic rings. The van der Waals surface area contributed by atoms with Crippen LogP contribution in [0.1, 0.15) is 36.5 Å². The van der Waals surface area contributed by atoms with E-state index >= 15 is 0 Å². The molecule has 1 fully saturated rings. The third-order valence-electron chi connectivity index (χ3n) is 4.47. The molecule has 0 unspecified atom stereocenters. The van der Waals surface area contributed by atoms with E-state index in [-0.39, 0.29) is 11.7 Å². The quantitative estimate of drug-likeness (QED) is 0.822. The Balaban J connectivity index is 1.94. The van der Waals surface area contributed by atoms with Crippen molar-refractivity contribution in [2.24, 2.45) is 5.92 Å². The second kappa shape index (κ2) is 5.84. The van der Waals surface area contributed by atoms with Crippen LogP contribution in [0.4, 0.5) is 4.39 Å². The predicted octanol–water partition coefficient (Wildman–Crippen LogP) is 4.24. The van der Waals surface area contributed by atoms with Crippen molar-refractivity contribution in [1.29, 1.82) is 0 Å². The number of nitrogens with zero attached hydrogens (tertiary/aromatic N) is 1. The molecule has 0 saturated heterocycles. The Hall–Kier alpha value is -1.90. The van der Waals surface area contributed by atoms with Crippen LogP contribution in [0, 0.1) is 11.7 Å². The van der Waals surface area contributed by atoms with Crippen molar-refractivity contribution >= 4 is 16.7 Å². The molecule has 0 atom stereocenters. The van der Waals surface area contributed by atoms with Crippen LogP contribution in [0.2, 0.25) is 0 Å². The number of hydrogen-bond acceptors (Lipinski definition) is 1. The fourth-order valence-electron chi connectivity index (χ4n) is 2.96. The Bertz CT molecular complexity index is 663. The molecule has 0 heterocycles. The zero-order valence-corrected chi connectivity index (χ0v) is 12.3. The number of benzene rings is 2. The molecule has 3 heteroatoms. The molecule has 3 rings (SSSR count). The SMILES string of the molecule is CCN(CC1CCC1)C(=O)c1ccc(F)c2ccccc12. The largest absolute Gasteiger partial charge is 0.339 e. The fourth-order valence-corrected chi connectivity index (χ4v) is 2.96. The van der Waals surface area contributed by atoms with E-state index in [1.54, 1.807) is 18.2 Å². The number of hydrogen-bond donors (Lipinski definition) is 0. The Morgan fingerprint density at radius 1 is 1.19 bits per heavy atom. The lowest BCUT2D eigenvalue weighted by molar-refractivity contribution is 0.0708. The van der Waals surface area contributed by atoms with Gasteiger partial charge in [0.1, 0.15) is 5.82 Å². The molecule has 1 saturated carbocycles. The van der Waals surface area contributed by atoms with Crippen molar-refractivity contribution < 1.29 is 9.18 Å². The van der Waals surface area contributed by atoms with Gasteiger partial charge in [0.2, 0.25) is 0 Å². The van der Waals surface area contributed by atoms with E-state index in [1.807, 2.05) is 24.0 Å². The van der Waals surface area contributed by atoms with Gasteiger partial charge in [-0.05, 0) is 43.2 Å². The number of carbonyl (C=O) groups excluding carboxylic acids is 1. The van der Waals surface area contributed by atoms with E-state index < -0.39 is 0 Å². The van der Waals surface area contributed by atoms with Crippen LogP contribution in [0.5, 0.6) is 0 Å². The summed E-state index contributed by atoms with van der Waals surface area (Å²) in [5.74, 6) is 0.380. The average molecular weight is 285 g/mol.